The normalized spacial score (nSPS) is 40.9. The maximum absolute atomic E-state index is 12.4. The molecule has 31 heavy (non-hydrogen) atoms. The summed E-state index contributed by atoms with van der Waals surface area (Å²) in [5.41, 5.74) is 3.12. The van der Waals surface area contributed by atoms with Crippen molar-refractivity contribution in [2.45, 2.75) is 82.7 Å². The van der Waals surface area contributed by atoms with Gasteiger partial charge in [0.2, 0.25) is 5.91 Å². The highest BCUT2D eigenvalue weighted by atomic mass is 16.5. The first-order valence-electron chi connectivity index (χ1n) is 12.9. The summed E-state index contributed by atoms with van der Waals surface area (Å²) in [6.07, 6.45) is 9.71. The van der Waals surface area contributed by atoms with E-state index in [1.54, 1.807) is 5.56 Å². The quantitative estimate of drug-likeness (QED) is 0.710. The van der Waals surface area contributed by atoms with Crippen LogP contribution in [0, 0.1) is 23.7 Å². The summed E-state index contributed by atoms with van der Waals surface area (Å²) in [7, 11) is 0. The molecule has 1 aromatic carbocycles. The lowest BCUT2D eigenvalue weighted by atomic mass is 9.55. The average Bonchev–Trinajstić information content (AvgIpc) is 3.45. The molecule has 4 fully saturated rings. The molecule has 5 aliphatic rings. The van der Waals surface area contributed by atoms with E-state index in [4.69, 9.17) is 4.74 Å². The van der Waals surface area contributed by atoms with Gasteiger partial charge in [-0.1, -0.05) is 6.07 Å². The number of fused-ring (bicyclic) bond motifs is 7. The molecule has 0 aromatic heterocycles. The molecular formula is C27H38N2O2. The Morgan fingerprint density at radius 3 is 2.94 bits per heavy atom. The molecule has 2 saturated carbocycles. The van der Waals surface area contributed by atoms with Crippen LogP contribution >= 0.6 is 0 Å². The van der Waals surface area contributed by atoms with E-state index in [0.717, 1.165) is 56.5 Å². The average molecular weight is 423 g/mol. The molecule has 1 amide bonds. The van der Waals surface area contributed by atoms with E-state index in [2.05, 4.69) is 42.3 Å². The second-order valence-corrected chi connectivity index (χ2v) is 11.4. The topological polar surface area (TPSA) is 41.6 Å². The van der Waals surface area contributed by atoms with Gasteiger partial charge in [-0.2, -0.15) is 0 Å². The van der Waals surface area contributed by atoms with Crippen molar-refractivity contribution in [3.8, 4) is 5.75 Å². The fourth-order valence-electron chi connectivity index (χ4n) is 7.90. The minimum atomic E-state index is 0.0311. The summed E-state index contributed by atoms with van der Waals surface area (Å²) < 4.78 is 6.17. The Labute approximate surface area is 187 Å². The highest BCUT2D eigenvalue weighted by Gasteiger charge is 2.63. The van der Waals surface area contributed by atoms with Gasteiger partial charge in [-0.05, 0) is 119 Å². The molecule has 4 nitrogen and oxygen atoms in total. The molecule has 0 spiro atoms. The van der Waals surface area contributed by atoms with E-state index in [0.29, 0.717) is 29.6 Å². The first kappa shape index (κ1) is 20.1. The van der Waals surface area contributed by atoms with Crippen LogP contribution in [-0.2, 0) is 11.2 Å². The number of carbonyl (C=O) groups excluding carboxylic acids is 1. The number of amides is 1. The van der Waals surface area contributed by atoms with Crippen LogP contribution in [0.2, 0.25) is 0 Å². The Kier molecular flexibility index (Phi) is 4.86. The third-order valence-corrected chi connectivity index (χ3v) is 9.54. The summed E-state index contributed by atoms with van der Waals surface area (Å²) in [6.45, 7) is 7.92. The number of hydrogen-bond acceptors (Lipinski definition) is 3. The fraction of sp³-hybridized carbons (Fsp3) is 0.741. The molecule has 7 atom stereocenters. The van der Waals surface area contributed by atoms with E-state index >= 15 is 0 Å². The molecular weight excluding hydrogens is 384 g/mol. The van der Waals surface area contributed by atoms with Gasteiger partial charge < -0.3 is 15.0 Å². The maximum Gasteiger partial charge on any atom is 0.223 e. The zero-order valence-corrected chi connectivity index (χ0v) is 19.2. The Hall–Kier alpha value is -1.55. The second kappa shape index (κ2) is 7.50. The third-order valence-electron chi connectivity index (χ3n) is 9.54. The van der Waals surface area contributed by atoms with Crippen molar-refractivity contribution in [3.05, 3.63) is 29.3 Å². The largest absolute Gasteiger partial charge is 0.494 e. The second-order valence-electron chi connectivity index (χ2n) is 11.4. The summed E-state index contributed by atoms with van der Waals surface area (Å²) >= 11 is 0. The summed E-state index contributed by atoms with van der Waals surface area (Å²) in [5.74, 6) is 4.43. The van der Waals surface area contributed by atoms with Crippen molar-refractivity contribution < 1.29 is 9.53 Å². The van der Waals surface area contributed by atoms with Crippen LogP contribution in [0.3, 0.4) is 0 Å². The van der Waals surface area contributed by atoms with Crippen LogP contribution in [-0.4, -0.2) is 42.1 Å². The number of benzene rings is 1. The molecule has 168 valence electrons. The van der Waals surface area contributed by atoms with Gasteiger partial charge in [0.05, 0.1) is 6.61 Å². The monoisotopic (exact) mass is 422 g/mol. The standard InChI is InChI=1S/C27H38N2O2/c1-17-5-3-12-29(17)13-4-14-31-19-7-9-20-18(15-19)6-8-22-21(20)10-11-27(2)25(22)23-16-24(23)26(30)28-27/h7,9,15,17,21-25H,3-6,8,10-14,16H2,1-2H3,(H,28,30)/t17-,21-,22-,23-,24+,25-,27+/m1/s1. The van der Waals surface area contributed by atoms with Crippen LogP contribution in [0.5, 0.6) is 5.75 Å². The van der Waals surface area contributed by atoms with Crippen LogP contribution in [0.25, 0.3) is 0 Å². The molecule has 0 bridgehead atoms. The lowest BCUT2D eigenvalue weighted by Crippen LogP contribution is -2.61. The third kappa shape index (κ3) is 3.41. The van der Waals surface area contributed by atoms with Gasteiger partial charge in [-0.15, -0.1) is 0 Å². The van der Waals surface area contributed by atoms with Crippen molar-refractivity contribution in [3.63, 3.8) is 0 Å². The van der Waals surface area contributed by atoms with Gasteiger partial charge in [0, 0.05) is 24.0 Å². The summed E-state index contributed by atoms with van der Waals surface area (Å²) in [5, 5.41) is 3.44. The number of nitrogens with one attached hydrogen (secondary N) is 1. The number of ether oxygens (including phenoxy) is 1. The van der Waals surface area contributed by atoms with Crippen molar-refractivity contribution >= 4 is 5.91 Å². The SMILES string of the molecule is C[C@@H]1CCCN1CCCOc1ccc2c(c1)CC[C@H]1[C@@H]3[C@@H]4C[C@@H]4C(=O)N[C@@]3(C)CC[C@H]21. The highest BCUT2D eigenvalue weighted by molar-refractivity contribution is 5.83. The van der Waals surface area contributed by atoms with Gasteiger partial charge >= 0.3 is 0 Å². The van der Waals surface area contributed by atoms with E-state index in [1.165, 1.54) is 37.8 Å². The van der Waals surface area contributed by atoms with E-state index in [-0.39, 0.29) is 5.54 Å². The Bertz CT molecular complexity index is 869. The zero-order valence-electron chi connectivity index (χ0n) is 19.2. The fourth-order valence-corrected chi connectivity index (χ4v) is 7.90. The number of rotatable bonds is 5. The van der Waals surface area contributed by atoms with Gasteiger partial charge in [0.1, 0.15) is 5.75 Å². The molecule has 2 aliphatic heterocycles. The zero-order chi connectivity index (χ0) is 21.2. The Morgan fingerprint density at radius 2 is 2.10 bits per heavy atom. The van der Waals surface area contributed by atoms with Gasteiger partial charge in [-0.3, -0.25) is 4.79 Å². The predicted octanol–water partition coefficient (Wildman–Crippen LogP) is 4.52. The molecule has 6 rings (SSSR count). The number of likely N-dealkylation sites (tertiary alicyclic amines) is 1. The predicted molar refractivity (Wildman–Crippen MR) is 122 cm³/mol. The van der Waals surface area contributed by atoms with Crippen LogP contribution in [0.1, 0.15) is 75.8 Å². The van der Waals surface area contributed by atoms with Crippen molar-refractivity contribution in [2.75, 3.05) is 19.7 Å². The minimum absolute atomic E-state index is 0.0311. The summed E-state index contributed by atoms with van der Waals surface area (Å²) in [6, 6.07) is 7.67. The molecule has 2 heterocycles. The molecule has 3 aliphatic carbocycles. The van der Waals surface area contributed by atoms with Crippen molar-refractivity contribution in [1.82, 2.24) is 10.2 Å². The van der Waals surface area contributed by atoms with Crippen LogP contribution in [0.4, 0.5) is 0 Å². The van der Waals surface area contributed by atoms with Gasteiger partial charge in [-0.25, -0.2) is 0 Å². The lowest BCUT2D eigenvalue weighted by Gasteiger charge is -2.54. The van der Waals surface area contributed by atoms with Crippen molar-refractivity contribution in [2.24, 2.45) is 23.7 Å². The smallest absolute Gasteiger partial charge is 0.223 e. The minimum Gasteiger partial charge on any atom is -0.494 e. The van der Waals surface area contributed by atoms with Crippen molar-refractivity contribution in [1.29, 1.82) is 0 Å². The highest BCUT2D eigenvalue weighted by Crippen LogP contribution is 2.62. The molecule has 1 aromatic rings. The van der Waals surface area contributed by atoms with E-state index in [1.807, 2.05) is 0 Å². The number of hydrogen-bond donors (Lipinski definition) is 1. The number of carbonyl (C=O) groups is 1. The molecule has 0 unspecified atom stereocenters. The van der Waals surface area contributed by atoms with Gasteiger partial charge in [0.15, 0.2) is 0 Å². The number of piperidine rings is 1. The van der Waals surface area contributed by atoms with Crippen LogP contribution in [0.15, 0.2) is 18.2 Å². The number of aryl methyl sites for hydroxylation is 1. The maximum atomic E-state index is 12.4. The van der Waals surface area contributed by atoms with Gasteiger partial charge in [0.25, 0.3) is 0 Å². The number of nitrogens with zero attached hydrogens (tertiary/aromatic N) is 1. The van der Waals surface area contributed by atoms with Crippen LogP contribution < -0.4 is 10.1 Å². The molecule has 1 N–H and O–H groups in total. The molecule has 2 saturated heterocycles. The first-order chi connectivity index (χ1) is 15.0. The van der Waals surface area contributed by atoms with E-state index in [9.17, 15) is 4.79 Å². The first-order valence-corrected chi connectivity index (χ1v) is 12.9. The molecule has 0 radical (unpaired) electrons. The summed E-state index contributed by atoms with van der Waals surface area (Å²) in [4.78, 5) is 15.0. The Balaban J connectivity index is 1.11. The Morgan fingerprint density at radius 1 is 1.19 bits per heavy atom. The lowest BCUT2D eigenvalue weighted by molar-refractivity contribution is -0.130. The van der Waals surface area contributed by atoms with E-state index < -0.39 is 0 Å². The molecule has 4 heteroatoms.